The van der Waals surface area contributed by atoms with Crippen molar-refractivity contribution in [2.24, 2.45) is 0 Å². The van der Waals surface area contributed by atoms with Crippen LogP contribution in [-0.2, 0) is 53.4 Å². The molecule has 70 heavy (non-hydrogen) atoms. The zero-order valence-electron chi connectivity index (χ0n) is 42.0. The summed E-state index contributed by atoms with van der Waals surface area (Å²) in [7, 11) is -9.89. The van der Waals surface area contributed by atoms with Crippen LogP contribution in [0.25, 0.3) is 0 Å². The second kappa shape index (κ2) is 26.9. The normalized spacial score (nSPS) is 24.6. The number of fused-ring (bicyclic) bond motifs is 4. The predicted octanol–water partition coefficient (Wildman–Crippen LogP) is 3.11. The van der Waals surface area contributed by atoms with E-state index in [1.165, 1.54) is 91.8 Å². The molecule has 0 radical (unpaired) electrons. The Kier molecular flexibility index (Phi) is 22.6. The van der Waals surface area contributed by atoms with Crippen LogP contribution in [0.2, 0.25) is 0 Å². The van der Waals surface area contributed by atoms with Crippen LogP contribution in [0.3, 0.4) is 0 Å². The van der Waals surface area contributed by atoms with Crippen molar-refractivity contribution in [1.82, 2.24) is 41.1 Å². The van der Waals surface area contributed by atoms with E-state index in [1.807, 2.05) is 0 Å². The minimum atomic E-state index is -5.10. The predicted molar refractivity (Wildman–Crippen MR) is 250 cm³/mol. The van der Waals surface area contributed by atoms with Crippen LogP contribution in [0.15, 0.2) is 0 Å². The Morgan fingerprint density at radius 1 is 0.700 bits per heavy atom. The number of rotatable bonds is 22. The van der Waals surface area contributed by atoms with Gasteiger partial charge in [-0.25, -0.2) is 33.8 Å². The summed E-state index contributed by atoms with van der Waals surface area (Å²) in [6.07, 6.45) is 12.6. The smallest absolute Gasteiger partial charge is 0.418 e. The minimum absolute atomic E-state index is 0.0578. The van der Waals surface area contributed by atoms with Crippen molar-refractivity contribution < 1.29 is 77.4 Å². The summed E-state index contributed by atoms with van der Waals surface area (Å²) in [5.41, 5.74) is 4.06. The first-order chi connectivity index (χ1) is 32.9. The molecule has 0 aromatic rings. The molecular formula is C43H79N9O16S2. The third-order valence-electron chi connectivity index (χ3n) is 13.0. The van der Waals surface area contributed by atoms with Crippen molar-refractivity contribution in [1.29, 1.82) is 0 Å². The second-order valence-electron chi connectivity index (χ2n) is 19.8. The quantitative estimate of drug-likeness (QED) is 0.0524. The van der Waals surface area contributed by atoms with Crippen molar-refractivity contribution in [2.75, 3.05) is 65.4 Å². The first kappa shape index (κ1) is 58.9. The van der Waals surface area contributed by atoms with Gasteiger partial charge in [-0.2, -0.15) is 22.8 Å². The minimum Gasteiger partial charge on any atom is -0.724 e. The van der Waals surface area contributed by atoms with Gasteiger partial charge in [-0.05, 0) is 91.5 Å². The van der Waals surface area contributed by atoms with E-state index in [-0.39, 0.29) is 38.6 Å². The number of unbranched alkanes of at least 4 members (excludes halogenated alkanes) is 4. The summed E-state index contributed by atoms with van der Waals surface area (Å²) in [5.74, 6) is -1.04. The van der Waals surface area contributed by atoms with Crippen LogP contribution >= 0.6 is 0 Å². The molecule has 6 saturated heterocycles. The maximum atomic E-state index is 12.5. The number of hydroxylamine groups is 6. The van der Waals surface area contributed by atoms with E-state index in [0.717, 1.165) is 17.9 Å². The van der Waals surface area contributed by atoms with Crippen LogP contribution in [0.5, 0.6) is 0 Å². The number of nitrogens with one attached hydrogen (secondary N) is 3. The van der Waals surface area contributed by atoms with Crippen LogP contribution in [-0.4, -0.2) is 193 Å². The number of carbonyl (C=O) groups excluding carboxylic acids is 5. The third-order valence-corrected chi connectivity index (χ3v) is 13.7. The summed E-state index contributed by atoms with van der Waals surface area (Å²) >= 11 is 0. The number of piperidine rings is 2. The maximum Gasteiger partial charge on any atom is 0.418 e. The topological polar surface area (TPSA) is 295 Å². The van der Waals surface area contributed by atoms with Gasteiger partial charge in [-0.15, -0.1) is 4.28 Å². The maximum absolute atomic E-state index is 12.5. The van der Waals surface area contributed by atoms with Crippen molar-refractivity contribution >= 4 is 50.8 Å². The van der Waals surface area contributed by atoms with E-state index in [1.54, 1.807) is 20.8 Å². The highest BCUT2D eigenvalue weighted by atomic mass is 32.3. The largest absolute Gasteiger partial charge is 0.724 e. The van der Waals surface area contributed by atoms with Crippen molar-refractivity contribution in [3.05, 3.63) is 0 Å². The van der Waals surface area contributed by atoms with Crippen LogP contribution < -0.4 is 16.3 Å². The SMILES string of the molecule is CC(C)(C)OC(=O)N1CCC(ONC(=O)[C@@H]2CC[C@@H]3CN2C(=O)N3OS(=O)(=O)[O-])C1.CCCC[N+](CCCC)(CCCC)CCCC.O=C(NOC1CCNC1)[C@@H]1CC[C@@H]2CN1C(=O)N2OS(=O)(=O)O. The summed E-state index contributed by atoms with van der Waals surface area (Å²) in [4.78, 5) is 75.8. The second-order valence-corrected chi connectivity index (χ2v) is 21.7. The number of urea groups is 2. The third kappa shape index (κ3) is 18.1. The number of amides is 7. The molecule has 0 spiro atoms. The van der Waals surface area contributed by atoms with Crippen LogP contribution in [0, 0.1) is 0 Å². The standard InChI is InChI=1S/C16H26N4O9S.C16H36N.C11H18N4O7S/c1-16(2,3)27-15(23)18-7-6-11(9-18)28-17-13(21)12-5-4-10-8-19(12)14(22)20(10)29-30(24,25)26;1-5-9-13-17(14-10-6-2,15-11-7-3)16-12-8-4;16-10(13-21-8-3-4-12-5-8)9-2-1-7-6-14(9)11(17)15(7)22-23(18,19)20/h10-12H,4-9H2,1-3H3,(H,17,21)(H,24,25,26);5-16H2,1-4H3;7-9,12H,1-6H2,(H,13,16)(H,18,19,20)/q;+1;/p-1/t10-,11?,12+;;7-,8?,9+/m1.1/s1. The summed E-state index contributed by atoms with van der Waals surface area (Å²) in [6.45, 7) is 22.6. The van der Waals surface area contributed by atoms with Crippen LogP contribution in [0.4, 0.5) is 14.4 Å². The molecule has 6 aliphatic rings. The molecule has 6 aliphatic heterocycles. The summed E-state index contributed by atoms with van der Waals surface area (Å²) in [6, 6.07) is -4.43. The number of hydrogen-bond donors (Lipinski definition) is 4. The molecule has 2 unspecified atom stereocenters. The van der Waals surface area contributed by atoms with Crippen LogP contribution in [0.1, 0.15) is 138 Å². The highest BCUT2D eigenvalue weighted by molar-refractivity contribution is 7.81. The Morgan fingerprint density at radius 2 is 1.16 bits per heavy atom. The van der Waals surface area contributed by atoms with Gasteiger partial charge in [0.1, 0.15) is 23.8 Å². The van der Waals surface area contributed by atoms with E-state index >= 15 is 0 Å². The molecule has 4 N–H and O–H groups in total. The monoisotopic (exact) mass is 1040 g/mol. The average Bonchev–Trinajstić information content (AvgIpc) is 4.10. The van der Waals surface area contributed by atoms with E-state index in [0.29, 0.717) is 42.5 Å². The molecule has 6 fully saturated rings. The number of hydrogen-bond acceptors (Lipinski definition) is 16. The molecule has 404 valence electrons. The highest BCUT2D eigenvalue weighted by Crippen LogP contribution is 2.32. The molecule has 6 rings (SSSR count). The molecule has 0 aromatic heterocycles. The number of ether oxygens (including phenoxy) is 1. The van der Waals surface area contributed by atoms with Gasteiger partial charge in [0.25, 0.3) is 11.8 Å². The Hall–Kier alpha value is -3.67. The lowest BCUT2D eigenvalue weighted by Gasteiger charge is -2.39. The fraction of sp³-hybridized carbons (Fsp3) is 0.884. The number of likely N-dealkylation sites (tertiary alicyclic amines) is 1. The Balaban J connectivity index is 0.000000239. The molecule has 25 nitrogen and oxygen atoms in total. The summed E-state index contributed by atoms with van der Waals surface area (Å²) in [5, 5.41) is 4.20. The first-order valence-electron chi connectivity index (χ1n) is 24.9. The fourth-order valence-corrected chi connectivity index (χ4v) is 10.1. The van der Waals surface area contributed by atoms with Crippen molar-refractivity contribution in [3.63, 3.8) is 0 Å². The van der Waals surface area contributed by atoms with Gasteiger partial charge in [0, 0.05) is 26.2 Å². The molecule has 0 aromatic carbocycles. The lowest BCUT2D eigenvalue weighted by Crippen LogP contribution is -2.50. The van der Waals surface area contributed by atoms with Gasteiger partial charge in [0.2, 0.25) is 10.4 Å². The molecule has 4 bridgehead atoms. The zero-order chi connectivity index (χ0) is 51.9. The van der Waals surface area contributed by atoms with Gasteiger partial charge >= 0.3 is 28.6 Å². The first-order valence-corrected chi connectivity index (χ1v) is 27.6. The molecular weight excluding hydrogens is 963 g/mol. The molecule has 0 aliphatic carbocycles. The molecule has 6 atom stereocenters. The number of quaternary nitrogens is 1. The number of nitrogens with zero attached hydrogens (tertiary/aromatic N) is 6. The zero-order valence-corrected chi connectivity index (χ0v) is 43.6. The van der Waals surface area contributed by atoms with Crippen molar-refractivity contribution in [3.8, 4) is 0 Å². The van der Waals surface area contributed by atoms with E-state index in [4.69, 9.17) is 19.0 Å². The lowest BCUT2D eigenvalue weighted by atomic mass is 10.0. The van der Waals surface area contributed by atoms with Crippen molar-refractivity contribution in [2.45, 2.75) is 180 Å². The van der Waals surface area contributed by atoms with Gasteiger partial charge < -0.3 is 33.8 Å². The highest BCUT2D eigenvalue weighted by Gasteiger charge is 2.50. The molecule has 7 amide bonds. The van der Waals surface area contributed by atoms with Gasteiger partial charge in [-0.1, -0.05) is 53.4 Å². The van der Waals surface area contributed by atoms with E-state index in [9.17, 15) is 45.4 Å². The fourth-order valence-electron chi connectivity index (χ4n) is 9.31. The van der Waals surface area contributed by atoms with Gasteiger partial charge in [0.15, 0.2) is 0 Å². The lowest BCUT2D eigenvalue weighted by molar-refractivity contribution is -0.929. The van der Waals surface area contributed by atoms with E-state index in [2.05, 4.69) is 52.5 Å². The van der Waals surface area contributed by atoms with E-state index < -0.39 is 86.6 Å². The van der Waals surface area contributed by atoms with Gasteiger partial charge in [-0.3, -0.25) is 23.8 Å². The Bertz CT molecular complexity index is 1920. The summed E-state index contributed by atoms with van der Waals surface area (Å²) < 4.78 is 78.0. The molecule has 6 heterocycles. The Morgan fingerprint density at radius 3 is 1.56 bits per heavy atom. The average molecular weight is 1040 g/mol. The number of carbonyl (C=O) groups is 5. The Labute approximate surface area is 413 Å². The molecule has 27 heteroatoms. The van der Waals surface area contributed by atoms with Gasteiger partial charge in [0.05, 0.1) is 50.9 Å². The molecule has 0 saturated carbocycles.